The van der Waals surface area contributed by atoms with E-state index in [-0.39, 0.29) is 5.91 Å². The van der Waals surface area contributed by atoms with E-state index in [1.165, 1.54) is 25.8 Å². The third-order valence-electron chi connectivity index (χ3n) is 5.18. The topological polar surface area (TPSA) is 54.5 Å². The standard InChI is InChI=1S/C21H25N3O2/c25-21(23-13-16-9-11-24(14-16)19-5-6-19)18-3-7-20(8-4-18)26-15-17-2-1-10-22-12-17/h1-4,7-8,10,12,16,19H,5-6,9,11,13-15H2,(H,23,25)/t16-/m1/s1. The number of carbonyl (C=O) groups is 1. The molecule has 1 atom stereocenters. The van der Waals surface area contributed by atoms with Crippen molar-refractivity contribution in [2.24, 2.45) is 5.92 Å². The van der Waals surface area contributed by atoms with Gasteiger partial charge in [0.25, 0.3) is 5.91 Å². The fraction of sp³-hybridized carbons (Fsp3) is 0.429. The predicted octanol–water partition coefficient (Wildman–Crippen LogP) is 2.87. The Bertz CT molecular complexity index is 729. The fourth-order valence-corrected chi connectivity index (χ4v) is 3.49. The van der Waals surface area contributed by atoms with Gasteiger partial charge in [0.1, 0.15) is 12.4 Å². The van der Waals surface area contributed by atoms with Crippen LogP contribution in [0.25, 0.3) is 0 Å². The smallest absolute Gasteiger partial charge is 0.251 e. The van der Waals surface area contributed by atoms with Gasteiger partial charge < -0.3 is 15.0 Å². The molecule has 2 aliphatic rings. The summed E-state index contributed by atoms with van der Waals surface area (Å²) in [7, 11) is 0. The van der Waals surface area contributed by atoms with Gasteiger partial charge in [-0.25, -0.2) is 0 Å². The van der Waals surface area contributed by atoms with E-state index in [1.807, 2.05) is 36.4 Å². The van der Waals surface area contributed by atoms with Gasteiger partial charge in [-0.05, 0) is 62.1 Å². The highest BCUT2D eigenvalue weighted by atomic mass is 16.5. The van der Waals surface area contributed by atoms with Crippen LogP contribution in [0.5, 0.6) is 5.75 Å². The maximum atomic E-state index is 12.3. The molecule has 1 aliphatic carbocycles. The summed E-state index contributed by atoms with van der Waals surface area (Å²) in [6.45, 7) is 3.56. The number of hydrogen-bond acceptors (Lipinski definition) is 4. The van der Waals surface area contributed by atoms with Gasteiger partial charge in [0.15, 0.2) is 0 Å². The van der Waals surface area contributed by atoms with E-state index in [0.717, 1.165) is 30.4 Å². The number of rotatable bonds is 7. The second kappa shape index (κ2) is 7.87. The summed E-state index contributed by atoms with van der Waals surface area (Å²) in [5.41, 5.74) is 1.70. The maximum Gasteiger partial charge on any atom is 0.251 e. The van der Waals surface area contributed by atoms with Crippen LogP contribution in [-0.2, 0) is 6.61 Å². The average molecular weight is 351 g/mol. The summed E-state index contributed by atoms with van der Waals surface area (Å²) in [6.07, 6.45) is 7.43. The number of carbonyl (C=O) groups excluding carboxylic acids is 1. The van der Waals surface area contributed by atoms with Crippen molar-refractivity contribution in [1.29, 1.82) is 0 Å². The quantitative estimate of drug-likeness (QED) is 0.833. The Morgan fingerprint density at radius 3 is 2.77 bits per heavy atom. The zero-order valence-corrected chi connectivity index (χ0v) is 14.9. The molecule has 1 N–H and O–H groups in total. The molecule has 1 aliphatic heterocycles. The summed E-state index contributed by atoms with van der Waals surface area (Å²) < 4.78 is 5.73. The summed E-state index contributed by atoms with van der Waals surface area (Å²) in [5, 5.41) is 3.08. The number of nitrogens with zero attached hydrogens (tertiary/aromatic N) is 2. The molecule has 2 aromatic rings. The molecule has 26 heavy (non-hydrogen) atoms. The fourth-order valence-electron chi connectivity index (χ4n) is 3.49. The molecule has 0 radical (unpaired) electrons. The van der Waals surface area contributed by atoms with Gasteiger partial charge in [0.2, 0.25) is 0 Å². The molecular formula is C21H25N3O2. The first-order valence-corrected chi connectivity index (χ1v) is 9.42. The van der Waals surface area contributed by atoms with Crippen LogP contribution in [0.1, 0.15) is 35.2 Å². The van der Waals surface area contributed by atoms with E-state index in [9.17, 15) is 4.79 Å². The van der Waals surface area contributed by atoms with Crippen molar-refractivity contribution in [3.05, 3.63) is 59.9 Å². The lowest BCUT2D eigenvalue weighted by molar-refractivity contribution is 0.0947. The molecule has 2 fully saturated rings. The second-order valence-corrected chi connectivity index (χ2v) is 7.27. The number of aromatic nitrogens is 1. The molecule has 1 aromatic carbocycles. The number of amides is 1. The predicted molar refractivity (Wildman–Crippen MR) is 100 cm³/mol. The third kappa shape index (κ3) is 4.41. The number of pyridine rings is 1. The minimum absolute atomic E-state index is 0.00585. The van der Waals surface area contributed by atoms with Crippen LogP contribution in [-0.4, -0.2) is 41.5 Å². The van der Waals surface area contributed by atoms with Crippen LogP contribution in [0.15, 0.2) is 48.8 Å². The molecule has 0 bridgehead atoms. The lowest BCUT2D eigenvalue weighted by Crippen LogP contribution is -2.31. The zero-order valence-electron chi connectivity index (χ0n) is 14.9. The van der Waals surface area contributed by atoms with E-state index >= 15 is 0 Å². The van der Waals surface area contributed by atoms with E-state index in [0.29, 0.717) is 18.1 Å². The SMILES string of the molecule is O=C(NC[C@H]1CCN(C2CC2)C1)c1ccc(OCc2cccnc2)cc1. The molecule has 136 valence electrons. The first-order chi connectivity index (χ1) is 12.8. The highest BCUT2D eigenvalue weighted by Gasteiger charge is 2.34. The number of benzene rings is 1. The molecule has 4 rings (SSSR count). The molecule has 0 unspecified atom stereocenters. The first-order valence-electron chi connectivity index (χ1n) is 9.42. The Balaban J connectivity index is 1.23. The number of ether oxygens (including phenoxy) is 1. The lowest BCUT2D eigenvalue weighted by atomic mass is 10.1. The van der Waals surface area contributed by atoms with Crippen LogP contribution in [0.4, 0.5) is 0 Å². The number of likely N-dealkylation sites (tertiary alicyclic amines) is 1. The maximum absolute atomic E-state index is 12.3. The molecule has 1 saturated heterocycles. The lowest BCUT2D eigenvalue weighted by Gasteiger charge is -2.15. The summed E-state index contributed by atoms with van der Waals surface area (Å²) in [4.78, 5) is 19.0. The molecule has 2 heterocycles. The van der Waals surface area contributed by atoms with Crippen LogP contribution in [0.2, 0.25) is 0 Å². The largest absolute Gasteiger partial charge is 0.489 e. The first kappa shape index (κ1) is 17.0. The zero-order chi connectivity index (χ0) is 17.8. The van der Waals surface area contributed by atoms with Crippen LogP contribution in [0.3, 0.4) is 0 Å². The Labute approximate surface area is 154 Å². The Morgan fingerprint density at radius 1 is 1.19 bits per heavy atom. The molecule has 1 saturated carbocycles. The van der Waals surface area contributed by atoms with Gasteiger partial charge in [-0.3, -0.25) is 9.78 Å². The Hall–Kier alpha value is -2.40. The molecule has 1 amide bonds. The number of nitrogens with one attached hydrogen (secondary N) is 1. The van der Waals surface area contributed by atoms with Gasteiger partial charge in [0.05, 0.1) is 0 Å². The second-order valence-electron chi connectivity index (χ2n) is 7.27. The van der Waals surface area contributed by atoms with Crippen molar-refractivity contribution in [3.63, 3.8) is 0 Å². The van der Waals surface area contributed by atoms with E-state index in [4.69, 9.17) is 4.74 Å². The molecule has 0 spiro atoms. The minimum Gasteiger partial charge on any atom is -0.489 e. The molecule has 5 heteroatoms. The van der Waals surface area contributed by atoms with Gasteiger partial charge in [0, 0.05) is 42.7 Å². The van der Waals surface area contributed by atoms with Crippen molar-refractivity contribution in [3.8, 4) is 5.75 Å². The Morgan fingerprint density at radius 2 is 2.04 bits per heavy atom. The van der Waals surface area contributed by atoms with Gasteiger partial charge in [-0.15, -0.1) is 0 Å². The monoisotopic (exact) mass is 351 g/mol. The van der Waals surface area contributed by atoms with Crippen molar-refractivity contribution in [2.45, 2.75) is 31.9 Å². The summed E-state index contributed by atoms with van der Waals surface area (Å²) in [5.74, 6) is 1.33. The normalized spacial score (nSPS) is 20.1. The van der Waals surface area contributed by atoms with Gasteiger partial charge in [-0.1, -0.05) is 6.07 Å². The summed E-state index contributed by atoms with van der Waals surface area (Å²) >= 11 is 0. The van der Waals surface area contributed by atoms with Crippen LogP contribution < -0.4 is 10.1 Å². The van der Waals surface area contributed by atoms with Crippen molar-refractivity contribution in [1.82, 2.24) is 15.2 Å². The highest BCUT2D eigenvalue weighted by molar-refractivity contribution is 5.94. The molecule has 5 nitrogen and oxygen atoms in total. The third-order valence-corrected chi connectivity index (χ3v) is 5.18. The van der Waals surface area contributed by atoms with E-state index < -0.39 is 0 Å². The minimum atomic E-state index is -0.00585. The molecule has 1 aromatic heterocycles. The highest BCUT2D eigenvalue weighted by Crippen LogP contribution is 2.31. The number of hydrogen-bond donors (Lipinski definition) is 1. The summed E-state index contributed by atoms with van der Waals surface area (Å²) in [6, 6.07) is 12.0. The van der Waals surface area contributed by atoms with Crippen molar-refractivity contribution >= 4 is 5.91 Å². The van der Waals surface area contributed by atoms with Gasteiger partial charge >= 0.3 is 0 Å². The average Bonchev–Trinajstić information content (AvgIpc) is 3.44. The van der Waals surface area contributed by atoms with Crippen molar-refractivity contribution in [2.75, 3.05) is 19.6 Å². The van der Waals surface area contributed by atoms with E-state index in [1.54, 1.807) is 12.4 Å². The van der Waals surface area contributed by atoms with Crippen LogP contribution >= 0.6 is 0 Å². The van der Waals surface area contributed by atoms with E-state index in [2.05, 4.69) is 15.2 Å². The van der Waals surface area contributed by atoms with Crippen LogP contribution in [0, 0.1) is 5.92 Å². The molecular weight excluding hydrogens is 326 g/mol. The van der Waals surface area contributed by atoms with Crippen molar-refractivity contribution < 1.29 is 9.53 Å². The van der Waals surface area contributed by atoms with Gasteiger partial charge in [-0.2, -0.15) is 0 Å². The Kier molecular flexibility index (Phi) is 5.16.